The standard InChI is InChI=1S/C23H38N6O/c1-23(2,3)20-18-19(28(4)27-20)21(30)26-22(25-18)29(14-16-8-6-5-7-9-16)15-17-10-12-24-13-11-17/h16-17,24H,5-15H2,1-4H3,(H,25,26,30). The van der Waals surface area contributed by atoms with E-state index in [4.69, 9.17) is 4.98 Å². The van der Waals surface area contributed by atoms with Crippen molar-refractivity contribution in [2.45, 2.75) is 71.1 Å². The first kappa shape index (κ1) is 21.3. The van der Waals surface area contributed by atoms with Crippen molar-refractivity contribution in [3.63, 3.8) is 0 Å². The summed E-state index contributed by atoms with van der Waals surface area (Å²) in [6.07, 6.45) is 8.96. The lowest BCUT2D eigenvalue weighted by atomic mass is 9.88. The summed E-state index contributed by atoms with van der Waals surface area (Å²) in [5.41, 5.74) is 1.97. The number of nitrogens with one attached hydrogen (secondary N) is 2. The molecule has 1 aliphatic heterocycles. The number of piperidine rings is 1. The van der Waals surface area contributed by atoms with Gasteiger partial charge >= 0.3 is 0 Å². The highest BCUT2D eigenvalue weighted by Crippen LogP contribution is 2.29. The third-order valence-corrected chi connectivity index (χ3v) is 6.83. The van der Waals surface area contributed by atoms with Crippen LogP contribution in [0.1, 0.15) is 71.4 Å². The highest BCUT2D eigenvalue weighted by molar-refractivity contribution is 5.78. The maximum atomic E-state index is 13.1. The number of hydrogen-bond donors (Lipinski definition) is 2. The zero-order chi connectivity index (χ0) is 21.3. The van der Waals surface area contributed by atoms with Crippen molar-refractivity contribution in [1.29, 1.82) is 0 Å². The summed E-state index contributed by atoms with van der Waals surface area (Å²) in [6.45, 7) is 10.5. The van der Waals surface area contributed by atoms with Gasteiger partial charge in [-0.15, -0.1) is 0 Å². The molecule has 4 rings (SSSR count). The van der Waals surface area contributed by atoms with Crippen LogP contribution in [0, 0.1) is 11.8 Å². The van der Waals surface area contributed by atoms with Crippen molar-refractivity contribution >= 4 is 17.0 Å². The number of aromatic amines is 1. The molecule has 166 valence electrons. The summed E-state index contributed by atoms with van der Waals surface area (Å²) >= 11 is 0. The van der Waals surface area contributed by atoms with Crippen LogP contribution in [-0.4, -0.2) is 45.9 Å². The monoisotopic (exact) mass is 414 g/mol. The quantitative estimate of drug-likeness (QED) is 0.784. The fourth-order valence-electron chi connectivity index (χ4n) is 5.13. The van der Waals surface area contributed by atoms with Gasteiger partial charge in [0.15, 0.2) is 5.52 Å². The Morgan fingerprint density at radius 2 is 1.67 bits per heavy atom. The smallest absolute Gasteiger partial charge is 0.278 e. The summed E-state index contributed by atoms with van der Waals surface area (Å²) in [4.78, 5) is 23.6. The predicted octanol–water partition coefficient (Wildman–Crippen LogP) is 3.34. The van der Waals surface area contributed by atoms with E-state index in [0.717, 1.165) is 43.3 Å². The summed E-state index contributed by atoms with van der Waals surface area (Å²) in [5, 5.41) is 8.13. The molecule has 3 heterocycles. The number of anilines is 1. The maximum Gasteiger partial charge on any atom is 0.278 e. The Hall–Kier alpha value is -1.89. The van der Waals surface area contributed by atoms with Crippen LogP contribution < -0.4 is 15.8 Å². The van der Waals surface area contributed by atoms with E-state index in [2.05, 4.69) is 41.1 Å². The van der Waals surface area contributed by atoms with Gasteiger partial charge in [-0.25, -0.2) is 4.98 Å². The number of nitrogens with zero attached hydrogens (tertiary/aromatic N) is 4. The lowest BCUT2D eigenvalue weighted by molar-refractivity contribution is 0.331. The maximum absolute atomic E-state index is 13.1. The van der Waals surface area contributed by atoms with Crippen LogP contribution in [0.3, 0.4) is 0 Å². The van der Waals surface area contributed by atoms with Crippen LogP contribution >= 0.6 is 0 Å². The molecule has 1 saturated heterocycles. The predicted molar refractivity (Wildman–Crippen MR) is 122 cm³/mol. The highest BCUT2D eigenvalue weighted by Gasteiger charge is 2.27. The second-order valence-electron chi connectivity index (χ2n) is 10.4. The average Bonchev–Trinajstić information content (AvgIpc) is 3.06. The topological polar surface area (TPSA) is 78.8 Å². The zero-order valence-corrected chi connectivity index (χ0v) is 19.1. The molecule has 0 bridgehead atoms. The van der Waals surface area contributed by atoms with Crippen molar-refractivity contribution in [3.05, 3.63) is 16.0 Å². The molecule has 0 unspecified atom stereocenters. The van der Waals surface area contributed by atoms with E-state index in [9.17, 15) is 4.79 Å². The first-order chi connectivity index (χ1) is 14.3. The number of hydrogen-bond acceptors (Lipinski definition) is 5. The van der Waals surface area contributed by atoms with E-state index in [0.29, 0.717) is 17.4 Å². The number of fused-ring (bicyclic) bond motifs is 1. The van der Waals surface area contributed by atoms with Crippen molar-refractivity contribution in [2.75, 3.05) is 31.1 Å². The van der Waals surface area contributed by atoms with E-state index in [1.807, 2.05) is 7.05 Å². The SMILES string of the molecule is Cn1nc(C(C)(C)C)c2nc(N(CC3CCCCC3)CC3CCNCC3)[nH]c(=O)c21. The van der Waals surface area contributed by atoms with Gasteiger partial charge in [0, 0.05) is 25.6 Å². The van der Waals surface area contributed by atoms with E-state index < -0.39 is 0 Å². The van der Waals surface area contributed by atoms with Crippen LogP contribution in [0.2, 0.25) is 0 Å². The molecule has 0 amide bonds. The van der Waals surface area contributed by atoms with Gasteiger partial charge in [0.25, 0.3) is 5.56 Å². The highest BCUT2D eigenvalue weighted by atomic mass is 16.1. The normalized spacial score (nSPS) is 19.5. The molecule has 0 spiro atoms. The van der Waals surface area contributed by atoms with Gasteiger partial charge in [-0.3, -0.25) is 14.5 Å². The molecule has 1 saturated carbocycles. The molecule has 30 heavy (non-hydrogen) atoms. The van der Waals surface area contributed by atoms with E-state index in [1.54, 1.807) is 4.68 Å². The summed E-state index contributed by atoms with van der Waals surface area (Å²) in [5.74, 6) is 2.07. The molecule has 1 aliphatic carbocycles. The number of aromatic nitrogens is 4. The van der Waals surface area contributed by atoms with Gasteiger partial charge in [0.1, 0.15) is 5.52 Å². The summed E-state index contributed by atoms with van der Waals surface area (Å²) < 4.78 is 1.68. The second kappa shape index (κ2) is 8.69. The van der Waals surface area contributed by atoms with Crippen LogP contribution in [-0.2, 0) is 12.5 Å². The fraction of sp³-hybridized carbons (Fsp3) is 0.783. The summed E-state index contributed by atoms with van der Waals surface area (Å²) in [6, 6.07) is 0. The molecule has 2 aliphatic rings. The Morgan fingerprint density at radius 3 is 2.30 bits per heavy atom. The van der Waals surface area contributed by atoms with E-state index in [-0.39, 0.29) is 11.0 Å². The molecule has 2 aromatic heterocycles. The third-order valence-electron chi connectivity index (χ3n) is 6.83. The first-order valence-corrected chi connectivity index (χ1v) is 11.8. The molecular formula is C23H38N6O. The van der Waals surface area contributed by atoms with Crippen molar-refractivity contribution in [3.8, 4) is 0 Å². The van der Waals surface area contributed by atoms with Gasteiger partial charge in [0.05, 0.1) is 5.69 Å². The number of aryl methyl sites for hydroxylation is 1. The Labute approximate surface area is 179 Å². The molecule has 2 fully saturated rings. The molecule has 0 atom stereocenters. The minimum Gasteiger partial charge on any atom is -0.342 e. The van der Waals surface area contributed by atoms with Gasteiger partial charge in [0.2, 0.25) is 5.95 Å². The Bertz CT molecular complexity index is 892. The molecule has 0 aromatic carbocycles. The van der Waals surface area contributed by atoms with Gasteiger partial charge in [-0.1, -0.05) is 40.0 Å². The number of H-pyrrole nitrogens is 1. The Kier molecular flexibility index (Phi) is 6.19. The largest absolute Gasteiger partial charge is 0.342 e. The van der Waals surface area contributed by atoms with Gasteiger partial charge in [-0.2, -0.15) is 5.10 Å². The fourth-order valence-corrected chi connectivity index (χ4v) is 5.13. The minimum atomic E-state index is -0.166. The molecule has 2 aromatic rings. The van der Waals surface area contributed by atoms with Crippen LogP contribution in [0.15, 0.2) is 4.79 Å². The second-order valence-corrected chi connectivity index (χ2v) is 10.4. The van der Waals surface area contributed by atoms with E-state index >= 15 is 0 Å². The van der Waals surface area contributed by atoms with Crippen LogP contribution in [0.25, 0.3) is 11.0 Å². The zero-order valence-electron chi connectivity index (χ0n) is 19.1. The van der Waals surface area contributed by atoms with E-state index in [1.165, 1.54) is 44.9 Å². The van der Waals surface area contributed by atoms with Crippen LogP contribution in [0.5, 0.6) is 0 Å². The van der Waals surface area contributed by atoms with Crippen molar-refractivity contribution in [1.82, 2.24) is 25.1 Å². The third kappa shape index (κ3) is 4.56. The first-order valence-electron chi connectivity index (χ1n) is 11.8. The van der Waals surface area contributed by atoms with Gasteiger partial charge < -0.3 is 10.2 Å². The van der Waals surface area contributed by atoms with Crippen molar-refractivity contribution in [2.24, 2.45) is 18.9 Å². The van der Waals surface area contributed by atoms with Gasteiger partial charge in [-0.05, 0) is 50.6 Å². The lowest BCUT2D eigenvalue weighted by Crippen LogP contribution is -2.40. The molecular weight excluding hydrogens is 376 g/mol. The summed E-state index contributed by atoms with van der Waals surface area (Å²) in [7, 11) is 1.84. The number of rotatable bonds is 5. The molecule has 7 heteroatoms. The Balaban J connectivity index is 1.71. The van der Waals surface area contributed by atoms with Crippen LogP contribution in [0.4, 0.5) is 5.95 Å². The molecule has 2 N–H and O–H groups in total. The lowest BCUT2D eigenvalue weighted by Gasteiger charge is -2.34. The Morgan fingerprint density at radius 1 is 1.03 bits per heavy atom. The minimum absolute atomic E-state index is 0.0838. The molecule has 0 radical (unpaired) electrons. The van der Waals surface area contributed by atoms with Crippen molar-refractivity contribution < 1.29 is 0 Å². The molecule has 7 nitrogen and oxygen atoms in total. The average molecular weight is 415 g/mol.